The summed E-state index contributed by atoms with van der Waals surface area (Å²) in [6.45, 7) is 7.45. The smallest absolute Gasteiger partial charge is 0.128 e. The number of nitrogens with one attached hydrogen (secondary N) is 1. The predicted molar refractivity (Wildman–Crippen MR) is 84.0 cm³/mol. The highest BCUT2D eigenvalue weighted by Crippen LogP contribution is 2.17. The average molecular weight is 297 g/mol. The van der Waals surface area contributed by atoms with Crippen LogP contribution in [0.1, 0.15) is 44.7 Å². The standard InChI is InChI=1S/C17H28FNO2/c1-3-5-11-20-12-13-21-14-17(19-10-4-2)15-8-6-7-9-16(15)18/h6-9,17,19H,3-5,10-14H2,1-2H3. The molecule has 0 aliphatic carbocycles. The fourth-order valence-corrected chi connectivity index (χ4v) is 2.00. The lowest BCUT2D eigenvalue weighted by atomic mass is 10.1. The number of rotatable bonds is 12. The summed E-state index contributed by atoms with van der Waals surface area (Å²) in [5, 5.41) is 3.33. The highest BCUT2D eigenvalue weighted by atomic mass is 19.1. The highest BCUT2D eigenvalue weighted by Gasteiger charge is 2.14. The molecule has 1 atom stereocenters. The van der Waals surface area contributed by atoms with E-state index in [0.717, 1.165) is 32.4 Å². The molecule has 3 nitrogen and oxygen atoms in total. The number of hydrogen-bond acceptors (Lipinski definition) is 3. The van der Waals surface area contributed by atoms with Gasteiger partial charge < -0.3 is 14.8 Å². The summed E-state index contributed by atoms with van der Waals surface area (Å²) < 4.78 is 24.9. The Bertz CT molecular complexity index is 374. The van der Waals surface area contributed by atoms with Crippen molar-refractivity contribution in [2.45, 2.75) is 39.2 Å². The highest BCUT2D eigenvalue weighted by molar-refractivity contribution is 5.21. The van der Waals surface area contributed by atoms with Gasteiger partial charge in [-0.05, 0) is 25.5 Å². The molecule has 0 spiro atoms. The molecule has 0 bridgehead atoms. The maximum atomic E-state index is 13.9. The topological polar surface area (TPSA) is 30.5 Å². The molecule has 0 fully saturated rings. The third-order valence-corrected chi connectivity index (χ3v) is 3.22. The Hall–Kier alpha value is -0.970. The van der Waals surface area contributed by atoms with E-state index in [-0.39, 0.29) is 11.9 Å². The van der Waals surface area contributed by atoms with Crippen LogP contribution in [-0.4, -0.2) is 33.0 Å². The Kier molecular flexibility index (Phi) is 10.0. The zero-order valence-electron chi connectivity index (χ0n) is 13.2. The second-order valence-corrected chi connectivity index (χ2v) is 5.07. The molecule has 1 aromatic carbocycles. The summed E-state index contributed by atoms with van der Waals surface area (Å²) >= 11 is 0. The van der Waals surface area contributed by atoms with Crippen LogP contribution in [0.25, 0.3) is 0 Å². The van der Waals surface area contributed by atoms with Crippen molar-refractivity contribution in [2.75, 3.05) is 33.0 Å². The van der Waals surface area contributed by atoms with Gasteiger partial charge in [-0.3, -0.25) is 0 Å². The minimum absolute atomic E-state index is 0.109. The molecular weight excluding hydrogens is 269 g/mol. The molecule has 1 unspecified atom stereocenters. The van der Waals surface area contributed by atoms with Crippen LogP contribution in [0, 0.1) is 5.82 Å². The molecule has 21 heavy (non-hydrogen) atoms. The lowest BCUT2D eigenvalue weighted by Gasteiger charge is -2.19. The van der Waals surface area contributed by atoms with Gasteiger partial charge in [0.05, 0.1) is 25.9 Å². The largest absolute Gasteiger partial charge is 0.379 e. The van der Waals surface area contributed by atoms with Gasteiger partial charge in [0.1, 0.15) is 5.82 Å². The molecular formula is C17H28FNO2. The molecule has 4 heteroatoms. The molecule has 1 N–H and O–H groups in total. The summed E-state index contributed by atoms with van der Waals surface area (Å²) in [6.07, 6.45) is 3.22. The minimum atomic E-state index is -0.186. The first-order chi connectivity index (χ1) is 10.3. The van der Waals surface area contributed by atoms with E-state index in [1.54, 1.807) is 6.07 Å². The molecule has 120 valence electrons. The van der Waals surface area contributed by atoms with Crippen molar-refractivity contribution in [3.63, 3.8) is 0 Å². The first-order valence-electron chi connectivity index (χ1n) is 7.92. The van der Waals surface area contributed by atoms with Crippen LogP contribution < -0.4 is 5.32 Å². The minimum Gasteiger partial charge on any atom is -0.379 e. The molecule has 0 amide bonds. The van der Waals surface area contributed by atoms with Crippen molar-refractivity contribution in [3.8, 4) is 0 Å². The molecule has 0 saturated carbocycles. The van der Waals surface area contributed by atoms with Gasteiger partial charge in [-0.1, -0.05) is 38.5 Å². The normalized spacial score (nSPS) is 12.5. The second-order valence-electron chi connectivity index (χ2n) is 5.07. The monoisotopic (exact) mass is 297 g/mol. The van der Waals surface area contributed by atoms with Crippen LogP contribution >= 0.6 is 0 Å². The third-order valence-electron chi connectivity index (χ3n) is 3.22. The van der Waals surface area contributed by atoms with E-state index in [4.69, 9.17) is 9.47 Å². The van der Waals surface area contributed by atoms with E-state index in [0.29, 0.717) is 25.4 Å². The van der Waals surface area contributed by atoms with Crippen molar-refractivity contribution in [3.05, 3.63) is 35.6 Å². The quantitative estimate of drug-likeness (QED) is 0.597. The van der Waals surface area contributed by atoms with Gasteiger partial charge in [-0.25, -0.2) is 4.39 Å². The number of hydrogen-bond donors (Lipinski definition) is 1. The van der Waals surface area contributed by atoms with Gasteiger partial charge >= 0.3 is 0 Å². The van der Waals surface area contributed by atoms with E-state index in [2.05, 4.69) is 19.2 Å². The molecule has 0 aliphatic rings. The van der Waals surface area contributed by atoms with Crippen molar-refractivity contribution < 1.29 is 13.9 Å². The SMILES string of the molecule is CCCCOCCOCC(NCCC)c1ccccc1F. The van der Waals surface area contributed by atoms with Crippen LogP contribution in [0.2, 0.25) is 0 Å². The van der Waals surface area contributed by atoms with Crippen molar-refractivity contribution in [1.29, 1.82) is 0 Å². The van der Waals surface area contributed by atoms with Crippen LogP contribution in [0.3, 0.4) is 0 Å². The lowest BCUT2D eigenvalue weighted by molar-refractivity contribution is 0.0377. The Morgan fingerprint density at radius 1 is 1.05 bits per heavy atom. The first kappa shape index (κ1) is 18.1. The number of ether oxygens (including phenoxy) is 2. The van der Waals surface area contributed by atoms with E-state index in [1.807, 2.05) is 12.1 Å². The van der Waals surface area contributed by atoms with Gasteiger partial charge in [0.15, 0.2) is 0 Å². The van der Waals surface area contributed by atoms with Gasteiger partial charge in [0.2, 0.25) is 0 Å². The molecule has 0 aliphatic heterocycles. The molecule has 0 radical (unpaired) electrons. The Labute approximate surface area is 127 Å². The van der Waals surface area contributed by atoms with Crippen LogP contribution in [-0.2, 0) is 9.47 Å². The number of halogens is 1. The van der Waals surface area contributed by atoms with Crippen molar-refractivity contribution in [1.82, 2.24) is 5.32 Å². The Morgan fingerprint density at radius 2 is 1.81 bits per heavy atom. The first-order valence-corrected chi connectivity index (χ1v) is 7.92. The van der Waals surface area contributed by atoms with Crippen LogP contribution in [0.4, 0.5) is 4.39 Å². The molecule has 0 aromatic heterocycles. The maximum absolute atomic E-state index is 13.9. The second kappa shape index (κ2) is 11.7. The predicted octanol–water partition coefficient (Wildman–Crippen LogP) is 3.70. The lowest BCUT2D eigenvalue weighted by Crippen LogP contribution is -2.27. The number of unbranched alkanes of at least 4 members (excludes halogenated alkanes) is 1. The third kappa shape index (κ3) is 7.55. The Balaban J connectivity index is 2.35. The van der Waals surface area contributed by atoms with Crippen molar-refractivity contribution >= 4 is 0 Å². The molecule has 1 aromatic rings. The molecule has 1 rings (SSSR count). The van der Waals surface area contributed by atoms with Crippen LogP contribution in [0.5, 0.6) is 0 Å². The summed E-state index contributed by atoms with van der Waals surface area (Å²) in [5.41, 5.74) is 0.665. The summed E-state index contributed by atoms with van der Waals surface area (Å²) in [7, 11) is 0. The van der Waals surface area contributed by atoms with E-state index >= 15 is 0 Å². The summed E-state index contributed by atoms with van der Waals surface area (Å²) in [6, 6.07) is 6.75. The fraction of sp³-hybridized carbons (Fsp3) is 0.647. The van der Waals surface area contributed by atoms with Gasteiger partial charge in [-0.2, -0.15) is 0 Å². The van der Waals surface area contributed by atoms with Gasteiger partial charge in [0.25, 0.3) is 0 Å². The molecule has 0 saturated heterocycles. The number of benzene rings is 1. The zero-order valence-corrected chi connectivity index (χ0v) is 13.2. The zero-order chi connectivity index (χ0) is 15.3. The molecule has 0 heterocycles. The van der Waals surface area contributed by atoms with E-state index < -0.39 is 0 Å². The average Bonchev–Trinajstić information content (AvgIpc) is 2.50. The van der Waals surface area contributed by atoms with E-state index in [1.165, 1.54) is 6.07 Å². The Morgan fingerprint density at radius 3 is 2.52 bits per heavy atom. The fourth-order valence-electron chi connectivity index (χ4n) is 2.00. The maximum Gasteiger partial charge on any atom is 0.128 e. The van der Waals surface area contributed by atoms with Gasteiger partial charge in [0, 0.05) is 12.2 Å². The van der Waals surface area contributed by atoms with Gasteiger partial charge in [-0.15, -0.1) is 0 Å². The van der Waals surface area contributed by atoms with E-state index in [9.17, 15) is 4.39 Å². The summed E-state index contributed by atoms with van der Waals surface area (Å²) in [5.74, 6) is -0.186. The van der Waals surface area contributed by atoms with Crippen LogP contribution in [0.15, 0.2) is 24.3 Å². The van der Waals surface area contributed by atoms with Crippen molar-refractivity contribution in [2.24, 2.45) is 0 Å². The summed E-state index contributed by atoms with van der Waals surface area (Å²) in [4.78, 5) is 0.